The van der Waals surface area contributed by atoms with Crippen molar-refractivity contribution in [3.63, 3.8) is 0 Å². The van der Waals surface area contributed by atoms with Crippen LogP contribution in [0.25, 0.3) is 0 Å². The van der Waals surface area contributed by atoms with E-state index in [9.17, 15) is 0 Å². The Bertz CT molecular complexity index is 695. The third kappa shape index (κ3) is 3.75. The van der Waals surface area contributed by atoms with E-state index in [0.29, 0.717) is 12.5 Å². The number of rotatable bonds is 4. The Kier molecular flexibility index (Phi) is 4.99. The van der Waals surface area contributed by atoms with Gasteiger partial charge in [-0.2, -0.15) is 0 Å². The van der Waals surface area contributed by atoms with Gasteiger partial charge in [-0.25, -0.2) is 4.99 Å². The van der Waals surface area contributed by atoms with Gasteiger partial charge in [-0.15, -0.1) is 0 Å². The maximum atomic E-state index is 5.93. The van der Waals surface area contributed by atoms with Crippen LogP contribution in [-0.4, -0.2) is 18.1 Å². The van der Waals surface area contributed by atoms with E-state index >= 15 is 0 Å². The van der Waals surface area contributed by atoms with E-state index in [2.05, 4.69) is 15.3 Å². The summed E-state index contributed by atoms with van der Waals surface area (Å²) < 4.78 is 5.40. The van der Waals surface area contributed by atoms with Gasteiger partial charge in [0.1, 0.15) is 5.75 Å². The Balaban J connectivity index is 2.11. The van der Waals surface area contributed by atoms with Crippen molar-refractivity contribution in [1.29, 1.82) is 0 Å². The summed E-state index contributed by atoms with van der Waals surface area (Å²) in [4.78, 5) is 8.76. The number of ether oxygens (including phenoxy) is 1. The molecule has 1 aromatic carbocycles. The van der Waals surface area contributed by atoms with Crippen LogP contribution in [0.2, 0.25) is 0 Å². The van der Waals surface area contributed by atoms with Crippen LogP contribution in [0.1, 0.15) is 22.4 Å². The average Bonchev–Trinajstić information content (AvgIpc) is 2.47. The Morgan fingerprint density at radius 3 is 2.77 bits per heavy atom. The molecule has 0 aliphatic heterocycles. The first-order valence-electron chi connectivity index (χ1n) is 7.14. The molecular weight excluding hydrogens is 276 g/mol. The van der Waals surface area contributed by atoms with Crippen LogP contribution in [0, 0.1) is 20.8 Å². The standard InChI is InChI=1S/C17H22N4O/c1-11-6-5-7-14(8-11)21-17(18)20-10-15-13(3)16(22-4)12(2)9-19-15/h5-9H,10H2,1-4H3,(H3,18,20,21). The molecule has 5 nitrogen and oxygen atoms in total. The number of nitrogens with one attached hydrogen (secondary N) is 1. The molecule has 0 spiro atoms. The first-order valence-corrected chi connectivity index (χ1v) is 7.14. The summed E-state index contributed by atoms with van der Waals surface area (Å²) in [7, 11) is 1.66. The number of hydrogen-bond donors (Lipinski definition) is 2. The van der Waals surface area contributed by atoms with E-state index in [1.807, 2.05) is 45.0 Å². The highest BCUT2D eigenvalue weighted by Crippen LogP contribution is 2.24. The third-order valence-corrected chi connectivity index (χ3v) is 3.44. The summed E-state index contributed by atoms with van der Waals surface area (Å²) in [6, 6.07) is 7.97. The maximum Gasteiger partial charge on any atom is 0.193 e. The van der Waals surface area contributed by atoms with Crippen LogP contribution in [-0.2, 0) is 6.54 Å². The highest BCUT2D eigenvalue weighted by molar-refractivity contribution is 5.92. The van der Waals surface area contributed by atoms with Gasteiger partial charge in [0, 0.05) is 23.0 Å². The summed E-state index contributed by atoms with van der Waals surface area (Å²) in [6.07, 6.45) is 1.79. The molecule has 0 atom stereocenters. The molecule has 0 aliphatic carbocycles. The van der Waals surface area contributed by atoms with Gasteiger partial charge in [0.25, 0.3) is 0 Å². The van der Waals surface area contributed by atoms with Crippen LogP contribution in [0.15, 0.2) is 35.5 Å². The normalized spacial score (nSPS) is 11.4. The molecule has 0 amide bonds. The molecule has 1 heterocycles. The van der Waals surface area contributed by atoms with E-state index in [-0.39, 0.29) is 0 Å². The SMILES string of the molecule is COc1c(C)cnc(CN=C(N)Nc2cccc(C)c2)c1C. The number of guanidine groups is 1. The number of hydrogen-bond acceptors (Lipinski definition) is 3. The van der Waals surface area contributed by atoms with Crippen molar-refractivity contribution in [1.82, 2.24) is 4.98 Å². The smallest absolute Gasteiger partial charge is 0.193 e. The molecule has 0 bridgehead atoms. The second kappa shape index (κ2) is 6.93. The zero-order chi connectivity index (χ0) is 16.1. The van der Waals surface area contributed by atoms with Gasteiger partial charge >= 0.3 is 0 Å². The van der Waals surface area contributed by atoms with Crippen LogP contribution in [0.3, 0.4) is 0 Å². The predicted molar refractivity (Wildman–Crippen MR) is 90.4 cm³/mol. The number of anilines is 1. The maximum absolute atomic E-state index is 5.93. The van der Waals surface area contributed by atoms with Gasteiger partial charge in [0.15, 0.2) is 5.96 Å². The Morgan fingerprint density at radius 2 is 2.09 bits per heavy atom. The summed E-state index contributed by atoms with van der Waals surface area (Å²) >= 11 is 0. The molecule has 1 aromatic heterocycles. The lowest BCUT2D eigenvalue weighted by Gasteiger charge is -2.11. The highest BCUT2D eigenvalue weighted by Gasteiger charge is 2.09. The molecule has 2 rings (SSSR count). The molecular formula is C17H22N4O. The van der Waals surface area contributed by atoms with Crippen LogP contribution in [0.4, 0.5) is 5.69 Å². The summed E-state index contributed by atoms with van der Waals surface area (Å²) in [5.41, 5.74) is 10.9. The Labute approximate surface area is 131 Å². The monoisotopic (exact) mass is 298 g/mol. The lowest BCUT2D eigenvalue weighted by Crippen LogP contribution is -2.22. The minimum atomic E-state index is 0.367. The third-order valence-electron chi connectivity index (χ3n) is 3.44. The van der Waals surface area contributed by atoms with Gasteiger partial charge in [0.05, 0.1) is 19.3 Å². The number of pyridine rings is 1. The highest BCUT2D eigenvalue weighted by atomic mass is 16.5. The largest absolute Gasteiger partial charge is 0.496 e. The van der Waals surface area contributed by atoms with Gasteiger partial charge in [-0.1, -0.05) is 12.1 Å². The molecule has 0 aliphatic rings. The number of aryl methyl sites for hydroxylation is 2. The number of nitrogens with zero attached hydrogens (tertiary/aromatic N) is 2. The van der Waals surface area contributed by atoms with Gasteiger partial charge in [-0.3, -0.25) is 4.98 Å². The van der Waals surface area contributed by atoms with Crippen molar-refractivity contribution in [2.24, 2.45) is 10.7 Å². The van der Waals surface area contributed by atoms with E-state index < -0.39 is 0 Å². The minimum Gasteiger partial charge on any atom is -0.496 e. The van der Waals surface area contributed by atoms with Crippen molar-refractivity contribution in [3.8, 4) is 5.75 Å². The molecule has 22 heavy (non-hydrogen) atoms. The van der Waals surface area contributed by atoms with Crippen molar-refractivity contribution >= 4 is 11.6 Å². The van der Waals surface area contributed by atoms with E-state index in [4.69, 9.17) is 10.5 Å². The lowest BCUT2D eigenvalue weighted by atomic mass is 10.1. The van der Waals surface area contributed by atoms with Crippen LogP contribution in [0.5, 0.6) is 5.75 Å². The lowest BCUT2D eigenvalue weighted by molar-refractivity contribution is 0.407. The molecule has 3 N–H and O–H groups in total. The fraction of sp³-hybridized carbons (Fsp3) is 0.294. The van der Waals surface area contributed by atoms with Crippen LogP contribution >= 0.6 is 0 Å². The van der Waals surface area contributed by atoms with Crippen LogP contribution < -0.4 is 15.8 Å². The second-order valence-corrected chi connectivity index (χ2v) is 5.24. The fourth-order valence-electron chi connectivity index (χ4n) is 2.30. The van der Waals surface area contributed by atoms with Crippen molar-refractivity contribution < 1.29 is 4.74 Å². The summed E-state index contributed by atoms with van der Waals surface area (Å²) in [5, 5.41) is 3.08. The Hall–Kier alpha value is -2.56. The molecule has 0 radical (unpaired) electrons. The topological polar surface area (TPSA) is 72.5 Å². The van der Waals surface area contributed by atoms with E-state index in [0.717, 1.165) is 28.3 Å². The van der Waals surface area contributed by atoms with Crippen molar-refractivity contribution in [2.75, 3.05) is 12.4 Å². The first kappa shape index (κ1) is 15.8. The number of aromatic nitrogens is 1. The molecule has 2 aromatic rings. The first-order chi connectivity index (χ1) is 10.5. The van der Waals surface area contributed by atoms with Gasteiger partial charge in [-0.05, 0) is 38.5 Å². The number of methoxy groups -OCH3 is 1. The number of nitrogens with two attached hydrogens (primary N) is 1. The summed E-state index contributed by atoms with van der Waals surface area (Å²) in [5.74, 6) is 1.22. The number of aliphatic imine (C=N–C) groups is 1. The Morgan fingerprint density at radius 1 is 1.32 bits per heavy atom. The molecule has 0 unspecified atom stereocenters. The summed E-state index contributed by atoms with van der Waals surface area (Å²) in [6.45, 7) is 6.39. The van der Waals surface area contributed by atoms with Crippen molar-refractivity contribution in [3.05, 3.63) is 52.8 Å². The quantitative estimate of drug-likeness (QED) is 0.672. The van der Waals surface area contributed by atoms with E-state index in [1.54, 1.807) is 13.3 Å². The zero-order valence-corrected chi connectivity index (χ0v) is 13.5. The molecule has 5 heteroatoms. The molecule has 116 valence electrons. The number of benzene rings is 1. The average molecular weight is 298 g/mol. The second-order valence-electron chi connectivity index (χ2n) is 5.24. The molecule has 0 saturated heterocycles. The molecule has 0 fully saturated rings. The molecule has 0 saturated carbocycles. The fourth-order valence-corrected chi connectivity index (χ4v) is 2.30. The predicted octanol–water partition coefficient (Wildman–Crippen LogP) is 2.94. The van der Waals surface area contributed by atoms with Crippen molar-refractivity contribution in [2.45, 2.75) is 27.3 Å². The van der Waals surface area contributed by atoms with Gasteiger partial charge < -0.3 is 15.8 Å². The zero-order valence-electron chi connectivity index (χ0n) is 13.5. The van der Waals surface area contributed by atoms with E-state index in [1.165, 1.54) is 5.56 Å². The van der Waals surface area contributed by atoms with Gasteiger partial charge in [0.2, 0.25) is 0 Å². The minimum absolute atomic E-state index is 0.367.